The number of carbonyl (C=O) groups excluding carboxylic acids is 1. The van der Waals surface area contributed by atoms with Crippen LogP contribution in [0.4, 0.5) is 0 Å². The highest BCUT2D eigenvalue weighted by molar-refractivity contribution is 5.83. The maximum atomic E-state index is 12.6. The van der Waals surface area contributed by atoms with Crippen molar-refractivity contribution < 1.29 is 4.79 Å². The maximum absolute atomic E-state index is 12.6. The first-order chi connectivity index (χ1) is 7.63. The summed E-state index contributed by atoms with van der Waals surface area (Å²) in [5.41, 5.74) is -0.149. The second kappa shape index (κ2) is 4.74. The summed E-state index contributed by atoms with van der Waals surface area (Å²) in [5.74, 6) is 0.381. The zero-order valence-electron chi connectivity index (χ0n) is 10.6. The largest absolute Gasteiger partial charge is 0.339 e. The van der Waals surface area contributed by atoms with Crippen LogP contribution < -0.4 is 5.32 Å². The topological polar surface area (TPSA) is 32.3 Å². The fraction of sp³-hybridized carbons (Fsp3) is 0.923. The molecule has 2 unspecified atom stereocenters. The van der Waals surface area contributed by atoms with E-state index in [2.05, 4.69) is 24.1 Å². The van der Waals surface area contributed by atoms with E-state index in [0.29, 0.717) is 11.9 Å². The highest BCUT2D eigenvalue weighted by Gasteiger charge is 2.39. The Morgan fingerprint density at radius 2 is 2.19 bits per heavy atom. The van der Waals surface area contributed by atoms with Crippen LogP contribution in [0.15, 0.2) is 0 Å². The average molecular weight is 224 g/mol. The molecule has 0 aliphatic carbocycles. The number of piperidine rings is 2. The Balaban J connectivity index is 2.04. The first kappa shape index (κ1) is 11.9. The lowest BCUT2D eigenvalue weighted by Crippen LogP contribution is -2.53. The van der Waals surface area contributed by atoms with Gasteiger partial charge < -0.3 is 10.2 Å². The SMILES string of the molecule is CC1CCCCN1C(=O)C1(C)CCCNC1. The minimum Gasteiger partial charge on any atom is -0.339 e. The fourth-order valence-electron chi connectivity index (χ4n) is 2.99. The van der Waals surface area contributed by atoms with Gasteiger partial charge in [0.2, 0.25) is 5.91 Å². The first-order valence-corrected chi connectivity index (χ1v) is 6.65. The second-order valence-corrected chi connectivity index (χ2v) is 5.68. The number of amides is 1. The molecule has 0 aromatic rings. The molecular formula is C13H24N2O. The van der Waals surface area contributed by atoms with Crippen molar-refractivity contribution in [2.24, 2.45) is 5.41 Å². The van der Waals surface area contributed by atoms with Crippen molar-refractivity contribution in [3.63, 3.8) is 0 Å². The molecule has 3 heteroatoms. The molecule has 2 saturated heterocycles. The van der Waals surface area contributed by atoms with E-state index in [4.69, 9.17) is 0 Å². The van der Waals surface area contributed by atoms with Gasteiger partial charge in [-0.1, -0.05) is 0 Å². The predicted molar refractivity (Wildman–Crippen MR) is 65.2 cm³/mol. The first-order valence-electron chi connectivity index (χ1n) is 6.65. The third-order valence-electron chi connectivity index (χ3n) is 4.18. The standard InChI is InChI=1S/C13H24N2O/c1-11-6-3-4-9-15(11)12(16)13(2)7-5-8-14-10-13/h11,14H,3-10H2,1-2H3. The van der Waals surface area contributed by atoms with Crippen LogP contribution in [0.25, 0.3) is 0 Å². The van der Waals surface area contributed by atoms with E-state index in [0.717, 1.165) is 32.5 Å². The second-order valence-electron chi connectivity index (χ2n) is 5.68. The van der Waals surface area contributed by atoms with Gasteiger partial charge in [0.25, 0.3) is 0 Å². The van der Waals surface area contributed by atoms with Gasteiger partial charge in [-0.25, -0.2) is 0 Å². The monoisotopic (exact) mass is 224 g/mol. The van der Waals surface area contributed by atoms with E-state index in [9.17, 15) is 4.79 Å². The van der Waals surface area contributed by atoms with E-state index in [1.54, 1.807) is 0 Å². The van der Waals surface area contributed by atoms with Crippen LogP contribution in [0.5, 0.6) is 0 Å². The van der Waals surface area contributed by atoms with Crippen LogP contribution in [-0.4, -0.2) is 36.5 Å². The fourth-order valence-corrected chi connectivity index (χ4v) is 2.99. The van der Waals surface area contributed by atoms with Gasteiger partial charge in [-0.3, -0.25) is 4.79 Å². The number of rotatable bonds is 1. The molecule has 2 heterocycles. The minimum absolute atomic E-state index is 0.149. The smallest absolute Gasteiger partial charge is 0.230 e. The summed E-state index contributed by atoms with van der Waals surface area (Å²) < 4.78 is 0. The quantitative estimate of drug-likeness (QED) is 0.736. The van der Waals surface area contributed by atoms with Crippen LogP contribution >= 0.6 is 0 Å². The summed E-state index contributed by atoms with van der Waals surface area (Å²) >= 11 is 0. The Hall–Kier alpha value is -0.570. The van der Waals surface area contributed by atoms with Gasteiger partial charge in [-0.15, -0.1) is 0 Å². The number of nitrogens with zero attached hydrogens (tertiary/aromatic N) is 1. The Labute approximate surface area is 98.6 Å². The molecular weight excluding hydrogens is 200 g/mol. The molecule has 1 N–H and O–H groups in total. The minimum atomic E-state index is -0.149. The molecule has 0 aromatic carbocycles. The number of nitrogens with one attached hydrogen (secondary N) is 1. The lowest BCUT2D eigenvalue weighted by Gasteiger charge is -2.42. The highest BCUT2D eigenvalue weighted by atomic mass is 16.2. The molecule has 2 fully saturated rings. The normalized spacial score (nSPS) is 36.1. The molecule has 16 heavy (non-hydrogen) atoms. The Bertz CT molecular complexity index is 259. The van der Waals surface area contributed by atoms with Crippen molar-refractivity contribution >= 4 is 5.91 Å². The van der Waals surface area contributed by atoms with Crippen molar-refractivity contribution in [3.05, 3.63) is 0 Å². The van der Waals surface area contributed by atoms with Crippen LogP contribution in [0.3, 0.4) is 0 Å². The molecule has 2 rings (SSSR count). The number of hydrogen-bond acceptors (Lipinski definition) is 2. The molecule has 1 amide bonds. The Morgan fingerprint density at radius 3 is 2.81 bits per heavy atom. The lowest BCUT2D eigenvalue weighted by molar-refractivity contribution is -0.145. The van der Waals surface area contributed by atoms with Crippen LogP contribution in [0.2, 0.25) is 0 Å². The van der Waals surface area contributed by atoms with Crippen molar-refractivity contribution in [3.8, 4) is 0 Å². The van der Waals surface area contributed by atoms with Crippen molar-refractivity contribution in [2.45, 2.75) is 52.0 Å². The zero-order chi connectivity index (χ0) is 11.6. The predicted octanol–water partition coefficient (Wildman–Crippen LogP) is 1.78. The van der Waals surface area contributed by atoms with E-state index in [1.807, 2.05) is 0 Å². The van der Waals surface area contributed by atoms with Crippen molar-refractivity contribution in [2.75, 3.05) is 19.6 Å². The van der Waals surface area contributed by atoms with Gasteiger partial charge in [0.1, 0.15) is 0 Å². The number of likely N-dealkylation sites (tertiary alicyclic amines) is 1. The van der Waals surface area contributed by atoms with E-state index >= 15 is 0 Å². The molecule has 2 aliphatic heterocycles. The molecule has 0 bridgehead atoms. The summed E-state index contributed by atoms with van der Waals surface area (Å²) in [6.45, 7) is 7.21. The average Bonchev–Trinajstić information content (AvgIpc) is 2.30. The molecule has 2 atom stereocenters. The number of hydrogen-bond donors (Lipinski definition) is 1. The summed E-state index contributed by atoms with van der Waals surface area (Å²) in [6, 6.07) is 0.444. The molecule has 3 nitrogen and oxygen atoms in total. The molecule has 0 radical (unpaired) electrons. The van der Waals surface area contributed by atoms with Crippen LogP contribution in [0.1, 0.15) is 46.0 Å². The number of carbonyl (C=O) groups is 1. The molecule has 2 aliphatic rings. The van der Waals surface area contributed by atoms with Gasteiger partial charge >= 0.3 is 0 Å². The third-order valence-corrected chi connectivity index (χ3v) is 4.18. The molecule has 0 aromatic heterocycles. The van der Waals surface area contributed by atoms with Crippen molar-refractivity contribution in [1.29, 1.82) is 0 Å². The van der Waals surface area contributed by atoms with E-state index in [-0.39, 0.29) is 5.41 Å². The van der Waals surface area contributed by atoms with Gasteiger partial charge in [0, 0.05) is 19.1 Å². The summed E-state index contributed by atoms with van der Waals surface area (Å²) in [6.07, 6.45) is 5.81. The van der Waals surface area contributed by atoms with Gasteiger partial charge in [0.15, 0.2) is 0 Å². The van der Waals surface area contributed by atoms with Crippen LogP contribution in [0, 0.1) is 5.41 Å². The van der Waals surface area contributed by atoms with Crippen molar-refractivity contribution in [1.82, 2.24) is 10.2 Å². The summed E-state index contributed by atoms with van der Waals surface area (Å²) in [4.78, 5) is 14.7. The van der Waals surface area contributed by atoms with Crippen LogP contribution in [-0.2, 0) is 4.79 Å². The Kier molecular flexibility index (Phi) is 3.53. The summed E-state index contributed by atoms with van der Waals surface area (Å²) in [7, 11) is 0. The third kappa shape index (κ3) is 2.24. The molecule has 0 spiro atoms. The van der Waals surface area contributed by atoms with E-state index in [1.165, 1.54) is 19.3 Å². The Morgan fingerprint density at radius 1 is 1.38 bits per heavy atom. The lowest BCUT2D eigenvalue weighted by atomic mass is 9.80. The van der Waals surface area contributed by atoms with E-state index < -0.39 is 0 Å². The summed E-state index contributed by atoms with van der Waals surface area (Å²) in [5, 5.41) is 3.36. The zero-order valence-corrected chi connectivity index (χ0v) is 10.6. The van der Waals surface area contributed by atoms with Gasteiger partial charge in [-0.05, 0) is 52.5 Å². The molecule has 92 valence electrons. The molecule has 0 saturated carbocycles. The van der Waals surface area contributed by atoms with Gasteiger partial charge in [-0.2, -0.15) is 0 Å². The van der Waals surface area contributed by atoms with Gasteiger partial charge in [0.05, 0.1) is 5.41 Å². The highest BCUT2D eigenvalue weighted by Crippen LogP contribution is 2.30. The maximum Gasteiger partial charge on any atom is 0.230 e.